The van der Waals surface area contributed by atoms with Gasteiger partial charge in [-0.15, -0.1) is 0 Å². The van der Waals surface area contributed by atoms with Gasteiger partial charge < -0.3 is 0 Å². The summed E-state index contributed by atoms with van der Waals surface area (Å²) in [7, 11) is 7.84. The van der Waals surface area contributed by atoms with Crippen LogP contribution in [0.5, 0.6) is 0 Å². The average Bonchev–Trinajstić information content (AvgIpc) is 2.16. The lowest BCUT2D eigenvalue weighted by Crippen LogP contribution is -1.88. The second-order valence-corrected chi connectivity index (χ2v) is 7.79. The topological polar surface area (TPSA) is 0 Å². The first-order chi connectivity index (χ1) is 6.35. The van der Waals surface area contributed by atoms with Crippen LogP contribution in [0.3, 0.4) is 0 Å². The molecular formula is C9H18S4. The zero-order valence-electron chi connectivity index (χ0n) is 8.49. The van der Waals surface area contributed by atoms with E-state index in [4.69, 9.17) is 0 Å². The van der Waals surface area contributed by atoms with Gasteiger partial charge in [-0.25, -0.2) is 0 Å². The van der Waals surface area contributed by atoms with Crippen molar-refractivity contribution in [2.45, 2.75) is 38.2 Å². The van der Waals surface area contributed by atoms with Crippen LogP contribution in [-0.2, 0) is 0 Å². The Kier molecular flexibility index (Phi) is 12.2. The summed E-state index contributed by atoms with van der Waals surface area (Å²) >= 11 is 0. The van der Waals surface area contributed by atoms with E-state index in [0.717, 1.165) is 4.58 Å². The Morgan fingerprint density at radius 3 is 2.54 bits per heavy atom. The molecule has 0 N–H and O–H groups in total. The van der Waals surface area contributed by atoms with Crippen LogP contribution in [0.15, 0.2) is 11.5 Å². The molecule has 13 heavy (non-hydrogen) atoms. The Morgan fingerprint density at radius 1 is 1.23 bits per heavy atom. The van der Waals surface area contributed by atoms with Crippen molar-refractivity contribution < 1.29 is 0 Å². The van der Waals surface area contributed by atoms with E-state index in [1.54, 1.807) is 0 Å². The molecule has 0 spiro atoms. The molecule has 0 fully saturated rings. The summed E-state index contributed by atoms with van der Waals surface area (Å²) in [4.78, 5) is 0. The lowest BCUT2D eigenvalue weighted by Gasteiger charge is -2.10. The molecule has 0 bridgehead atoms. The number of hydrogen-bond acceptors (Lipinski definition) is 4. The highest BCUT2D eigenvalue weighted by Gasteiger charge is 2.06. The molecular weight excluding hydrogens is 236 g/mol. The lowest BCUT2D eigenvalue weighted by molar-refractivity contribution is 1.07. The van der Waals surface area contributed by atoms with E-state index in [0.29, 0.717) is 0 Å². The van der Waals surface area contributed by atoms with Crippen molar-refractivity contribution >= 4 is 43.2 Å². The third-order valence-electron chi connectivity index (χ3n) is 1.15. The van der Waals surface area contributed by atoms with E-state index < -0.39 is 0 Å². The Bertz CT molecular complexity index is 125. The zero-order chi connectivity index (χ0) is 9.94. The molecule has 0 amide bonds. The second-order valence-electron chi connectivity index (χ2n) is 2.42. The smallest absolute Gasteiger partial charge is 0.0710 e. The molecule has 0 rings (SSSR count). The summed E-state index contributed by atoms with van der Waals surface area (Å²) < 4.78 is 0.734. The van der Waals surface area contributed by atoms with Gasteiger partial charge in [0.2, 0.25) is 0 Å². The SMILES string of the molecule is CC=CSSC(CC)SSCCC. The molecule has 0 saturated heterocycles. The highest BCUT2D eigenvalue weighted by Crippen LogP contribution is 2.41. The van der Waals surface area contributed by atoms with Crippen LogP contribution in [-0.4, -0.2) is 10.3 Å². The van der Waals surface area contributed by atoms with Gasteiger partial charge in [0, 0.05) is 5.75 Å². The molecule has 78 valence electrons. The zero-order valence-corrected chi connectivity index (χ0v) is 11.8. The van der Waals surface area contributed by atoms with Gasteiger partial charge in [-0.05, 0) is 25.2 Å². The Hall–Kier alpha value is 1.14. The second kappa shape index (κ2) is 11.2. The summed E-state index contributed by atoms with van der Waals surface area (Å²) in [5.74, 6) is 1.27. The highest BCUT2D eigenvalue weighted by molar-refractivity contribution is 8.85. The van der Waals surface area contributed by atoms with Crippen molar-refractivity contribution in [3.63, 3.8) is 0 Å². The van der Waals surface area contributed by atoms with Crippen molar-refractivity contribution in [1.82, 2.24) is 0 Å². The summed E-state index contributed by atoms with van der Waals surface area (Å²) in [6.07, 6.45) is 4.62. The van der Waals surface area contributed by atoms with E-state index in [2.05, 4.69) is 32.3 Å². The van der Waals surface area contributed by atoms with Crippen LogP contribution in [0.2, 0.25) is 0 Å². The first-order valence-electron chi connectivity index (χ1n) is 4.56. The molecule has 4 heteroatoms. The molecule has 0 saturated carbocycles. The number of hydrogen-bond donors (Lipinski definition) is 0. The molecule has 1 atom stereocenters. The van der Waals surface area contributed by atoms with E-state index in [1.807, 2.05) is 43.2 Å². The maximum absolute atomic E-state index is 2.26. The molecule has 1 unspecified atom stereocenters. The third kappa shape index (κ3) is 9.44. The van der Waals surface area contributed by atoms with Gasteiger partial charge in [-0.1, -0.05) is 63.1 Å². The van der Waals surface area contributed by atoms with E-state index in [1.165, 1.54) is 18.6 Å². The van der Waals surface area contributed by atoms with Gasteiger partial charge in [0.1, 0.15) is 0 Å². The molecule has 0 aromatic rings. The van der Waals surface area contributed by atoms with Crippen LogP contribution in [0.25, 0.3) is 0 Å². The fourth-order valence-electron chi connectivity index (χ4n) is 0.509. The van der Waals surface area contributed by atoms with Crippen LogP contribution >= 0.6 is 43.2 Å². The minimum atomic E-state index is 0.734. The van der Waals surface area contributed by atoms with Gasteiger partial charge in [0.15, 0.2) is 0 Å². The molecule has 0 aromatic carbocycles. The first-order valence-corrected chi connectivity index (χ1v) is 9.22. The highest BCUT2D eigenvalue weighted by atomic mass is 33.1. The minimum Gasteiger partial charge on any atom is -0.0930 e. The quantitative estimate of drug-likeness (QED) is 0.322. The molecule has 0 aliphatic heterocycles. The van der Waals surface area contributed by atoms with Crippen molar-refractivity contribution in [1.29, 1.82) is 0 Å². The van der Waals surface area contributed by atoms with E-state index >= 15 is 0 Å². The molecule has 0 radical (unpaired) electrons. The maximum Gasteiger partial charge on any atom is 0.0710 e. The Morgan fingerprint density at radius 2 is 2.00 bits per heavy atom. The molecule has 0 aromatic heterocycles. The van der Waals surface area contributed by atoms with Gasteiger partial charge >= 0.3 is 0 Å². The monoisotopic (exact) mass is 254 g/mol. The van der Waals surface area contributed by atoms with Crippen molar-refractivity contribution in [3.05, 3.63) is 11.5 Å². The van der Waals surface area contributed by atoms with E-state index in [-0.39, 0.29) is 0 Å². The largest absolute Gasteiger partial charge is 0.0930 e. The van der Waals surface area contributed by atoms with Crippen LogP contribution in [0.1, 0.15) is 33.6 Å². The van der Waals surface area contributed by atoms with Gasteiger partial charge in [-0.3, -0.25) is 0 Å². The molecule has 0 aliphatic rings. The summed E-state index contributed by atoms with van der Waals surface area (Å²) in [6, 6.07) is 0. The molecule has 0 heterocycles. The fraction of sp³-hybridized carbons (Fsp3) is 0.778. The van der Waals surface area contributed by atoms with Crippen LogP contribution in [0.4, 0.5) is 0 Å². The molecule has 0 nitrogen and oxygen atoms in total. The van der Waals surface area contributed by atoms with Gasteiger partial charge in [0.05, 0.1) is 4.58 Å². The average molecular weight is 255 g/mol. The Labute approximate surface area is 98.3 Å². The van der Waals surface area contributed by atoms with Crippen LogP contribution < -0.4 is 0 Å². The van der Waals surface area contributed by atoms with Crippen molar-refractivity contribution in [3.8, 4) is 0 Å². The summed E-state index contributed by atoms with van der Waals surface area (Å²) in [5.41, 5.74) is 0. The normalized spacial score (nSPS) is 13.8. The van der Waals surface area contributed by atoms with E-state index in [9.17, 15) is 0 Å². The third-order valence-corrected chi connectivity index (χ3v) is 7.73. The van der Waals surface area contributed by atoms with Gasteiger partial charge in [0.25, 0.3) is 0 Å². The fourth-order valence-corrected chi connectivity index (χ4v) is 6.64. The predicted octanol–water partition coefficient (Wildman–Crippen LogP) is 5.43. The number of rotatable bonds is 8. The van der Waals surface area contributed by atoms with Crippen LogP contribution in [0, 0.1) is 0 Å². The molecule has 0 aliphatic carbocycles. The van der Waals surface area contributed by atoms with Gasteiger partial charge in [-0.2, -0.15) is 0 Å². The summed E-state index contributed by atoms with van der Waals surface area (Å²) in [5, 5.41) is 2.15. The van der Waals surface area contributed by atoms with Crippen molar-refractivity contribution in [2.24, 2.45) is 0 Å². The minimum absolute atomic E-state index is 0.734. The first kappa shape index (κ1) is 14.1. The number of allylic oxidation sites excluding steroid dienone is 1. The summed E-state index contributed by atoms with van der Waals surface area (Å²) in [6.45, 7) is 6.55. The lowest BCUT2D eigenvalue weighted by atomic mass is 10.6. The predicted molar refractivity (Wildman–Crippen MR) is 74.4 cm³/mol. The Balaban J connectivity index is 3.39. The van der Waals surface area contributed by atoms with Crippen molar-refractivity contribution in [2.75, 3.05) is 5.75 Å². The maximum atomic E-state index is 2.26. The standard InChI is InChI=1S/C9H18S4/c1-4-7-10-12-9(6-3)13-11-8-5-2/h4,7,9H,5-6,8H2,1-3H3.